The Labute approximate surface area is 185 Å². The molecule has 0 unspecified atom stereocenters. The highest BCUT2D eigenvalue weighted by Gasteiger charge is 2.20. The SMILES string of the molecule is CCOCCn1c(=NC(=O)c2cccc(S(=O)(=O)C(C)C)c2)sc2cc(OC)ccc21. The normalized spacial score (nSPS) is 12.6. The number of rotatable bonds is 8. The second-order valence-electron chi connectivity index (χ2n) is 7.11. The van der Waals surface area contributed by atoms with Crippen LogP contribution in [0.15, 0.2) is 52.4 Å². The molecular weight excluding hydrogens is 436 g/mol. The molecule has 0 saturated heterocycles. The number of ether oxygens (including phenoxy) is 2. The zero-order chi connectivity index (χ0) is 22.6. The second kappa shape index (κ2) is 9.76. The standard InChI is InChI=1S/C22H26N2O5S2/c1-5-29-12-11-24-19-10-9-17(28-4)14-20(19)30-22(24)23-21(25)16-7-6-8-18(13-16)31(26,27)15(2)3/h6-10,13-15H,5,11-12H2,1-4H3. The van der Waals surface area contributed by atoms with Crippen LogP contribution in [-0.2, 0) is 21.1 Å². The van der Waals surface area contributed by atoms with Crippen LogP contribution in [0.5, 0.6) is 5.75 Å². The van der Waals surface area contributed by atoms with Crippen molar-refractivity contribution in [2.75, 3.05) is 20.3 Å². The van der Waals surface area contributed by atoms with E-state index in [0.29, 0.717) is 24.6 Å². The summed E-state index contributed by atoms with van der Waals surface area (Å²) >= 11 is 1.37. The quantitative estimate of drug-likeness (QED) is 0.477. The molecule has 0 radical (unpaired) electrons. The van der Waals surface area contributed by atoms with Gasteiger partial charge in [0.1, 0.15) is 5.75 Å². The van der Waals surface area contributed by atoms with E-state index in [2.05, 4.69) is 4.99 Å². The van der Waals surface area contributed by atoms with E-state index in [4.69, 9.17) is 9.47 Å². The third-order valence-electron chi connectivity index (χ3n) is 4.78. The predicted molar refractivity (Wildman–Crippen MR) is 122 cm³/mol. The number of methoxy groups -OCH3 is 1. The van der Waals surface area contributed by atoms with Gasteiger partial charge in [0.05, 0.1) is 34.1 Å². The minimum absolute atomic E-state index is 0.119. The summed E-state index contributed by atoms with van der Waals surface area (Å²) in [5, 5.41) is -0.576. The van der Waals surface area contributed by atoms with Crippen molar-refractivity contribution >= 4 is 37.3 Å². The highest BCUT2D eigenvalue weighted by molar-refractivity contribution is 7.92. The van der Waals surface area contributed by atoms with Crippen LogP contribution in [0.1, 0.15) is 31.1 Å². The van der Waals surface area contributed by atoms with E-state index in [-0.39, 0.29) is 10.5 Å². The van der Waals surface area contributed by atoms with Gasteiger partial charge >= 0.3 is 0 Å². The van der Waals surface area contributed by atoms with Gasteiger partial charge in [-0.05, 0) is 57.2 Å². The van der Waals surface area contributed by atoms with Gasteiger partial charge in [0.15, 0.2) is 14.6 Å². The fourth-order valence-electron chi connectivity index (χ4n) is 3.01. The molecule has 9 heteroatoms. The zero-order valence-corrected chi connectivity index (χ0v) is 19.6. The summed E-state index contributed by atoms with van der Waals surface area (Å²) in [5.41, 5.74) is 1.15. The molecule has 1 heterocycles. The lowest BCUT2D eigenvalue weighted by molar-refractivity contribution is 0.0996. The van der Waals surface area contributed by atoms with Crippen LogP contribution in [0.2, 0.25) is 0 Å². The van der Waals surface area contributed by atoms with E-state index >= 15 is 0 Å². The Hall–Kier alpha value is -2.49. The minimum atomic E-state index is -3.48. The average Bonchev–Trinajstić information content (AvgIpc) is 3.09. The Kier molecular flexibility index (Phi) is 7.30. The van der Waals surface area contributed by atoms with E-state index in [1.54, 1.807) is 33.1 Å². The number of aromatic nitrogens is 1. The van der Waals surface area contributed by atoms with Gasteiger partial charge in [-0.25, -0.2) is 8.42 Å². The first kappa shape index (κ1) is 23.2. The van der Waals surface area contributed by atoms with Crippen molar-refractivity contribution in [3.8, 4) is 5.75 Å². The number of fused-ring (bicyclic) bond motifs is 1. The molecule has 0 atom stereocenters. The lowest BCUT2D eigenvalue weighted by atomic mass is 10.2. The molecule has 2 aromatic carbocycles. The van der Waals surface area contributed by atoms with Gasteiger partial charge in [-0.1, -0.05) is 17.4 Å². The van der Waals surface area contributed by atoms with Crippen LogP contribution in [0.4, 0.5) is 0 Å². The lowest BCUT2D eigenvalue weighted by Gasteiger charge is -2.08. The van der Waals surface area contributed by atoms with Gasteiger partial charge in [-0.3, -0.25) is 4.79 Å². The molecule has 0 saturated carbocycles. The highest BCUT2D eigenvalue weighted by Crippen LogP contribution is 2.23. The first-order valence-electron chi connectivity index (χ1n) is 9.96. The number of thiazole rings is 1. The Bertz CT molecular complexity index is 1260. The highest BCUT2D eigenvalue weighted by atomic mass is 32.2. The summed E-state index contributed by atoms with van der Waals surface area (Å²) in [4.78, 5) is 17.9. The number of amides is 1. The predicted octanol–water partition coefficient (Wildman–Crippen LogP) is 3.67. The molecule has 0 N–H and O–H groups in total. The van der Waals surface area contributed by atoms with Crippen LogP contribution >= 0.6 is 11.3 Å². The van der Waals surface area contributed by atoms with Crippen LogP contribution in [0, 0.1) is 0 Å². The maximum absolute atomic E-state index is 12.9. The first-order chi connectivity index (χ1) is 14.8. The molecule has 3 rings (SSSR count). The van der Waals surface area contributed by atoms with E-state index < -0.39 is 21.0 Å². The van der Waals surface area contributed by atoms with E-state index in [1.807, 2.05) is 29.7 Å². The molecule has 0 aliphatic carbocycles. The van der Waals surface area contributed by atoms with Crippen molar-refractivity contribution in [1.82, 2.24) is 4.57 Å². The molecule has 1 aromatic heterocycles. The Morgan fingerprint density at radius 1 is 1.19 bits per heavy atom. The molecule has 0 spiro atoms. The fraction of sp³-hybridized carbons (Fsp3) is 0.364. The lowest BCUT2D eigenvalue weighted by Crippen LogP contribution is -2.20. The topological polar surface area (TPSA) is 87.0 Å². The smallest absolute Gasteiger partial charge is 0.279 e. The van der Waals surface area contributed by atoms with Gasteiger partial charge in [0, 0.05) is 18.7 Å². The molecule has 0 fully saturated rings. The van der Waals surface area contributed by atoms with Crippen LogP contribution in [0.25, 0.3) is 10.2 Å². The maximum atomic E-state index is 12.9. The van der Waals surface area contributed by atoms with Gasteiger partial charge in [0.2, 0.25) is 0 Å². The van der Waals surface area contributed by atoms with Gasteiger partial charge in [-0.15, -0.1) is 0 Å². The van der Waals surface area contributed by atoms with Crippen LogP contribution in [0.3, 0.4) is 0 Å². The molecule has 1 amide bonds. The summed E-state index contributed by atoms with van der Waals surface area (Å²) in [5.74, 6) is 0.222. The third kappa shape index (κ3) is 5.06. The van der Waals surface area contributed by atoms with Crippen molar-refractivity contribution < 1.29 is 22.7 Å². The third-order valence-corrected chi connectivity index (χ3v) is 7.97. The molecule has 0 bridgehead atoms. The average molecular weight is 463 g/mol. The summed E-state index contributed by atoms with van der Waals surface area (Å²) < 4.78 is 38.6. The largest absolute Gasteiger partial charge is 0.497 e. The van der Waals surface area contributed by atoms with Crippen molar-refractivity contribution in [3.05, 3.63) is 52.8 Å². The van der Waals surface area contributed by atoms with Crippen molar-refractivity contribution in [2.24, 2.45) is 4.99 Å². The number of sulfone groups is 1. The van der Waals surface area contributed by atoms with Gasteiger partial charge < -0.3 is 14.0 Å². The van der Waals surface area contributed by atoms with Crippen molar-refractivity contribution in [2.45, 2.75) is 37.5 Å². The fourth-order valence-corrected chi connectivity index (χ4v) is 5.20. The number of benzene rings is 2. The van der Waals surface area contributed by atoms with Gasteiger partial charge in [-0.2, -0.15) is 4.99 Å². The molecule has 31 heavy (non-hydrogen) atoms. The Balaban J connectivity index is 2.07. The van der Waals surface area contributed by atoms with E-state index in [0.717, 1.165) is 16.0 Å². The summed E-state index contributed by atoms with van der Waals surface area (Å²) in [6, 6.07) is 11.7. The number of hydrogen-bond acceptors (Lipinski definition) is 6. The summed E-state index contributed by atoms with van der Waals surface area (Å²) in [6.07, 6.45) is 0. The Morgan fingerprint density at radius 3 is 2.65 bits per heavy atom. The van der Waals surface area contributed by atoms with E-state index in [9.17, 15) is 13.2 Å². The Morgan fingerprint density at radius 2 is 1.97 bits per heavy atom. The summed E-state index contributed by atoms with van der Waals surface area (Å²) in [6.45, 7) is 6.76. The monoisotopic (exact) mass is 462 g/mol. The second-order valence-corrected chi connectivity index (χ2v) is 10.6. The molecule has 166 valence electrons. The van der Waals surface area contributed by atoms with Crippen molar-refractivity contribution in [3.63, 3.8) is 0 Å². The van der Waals surface area contributed by atoms with Crippen LogP contribution in [-0.4, -0.2) is 44.5 Å². The van der Waals surface area contributed by atoms with Crippen molar-refractivity contribution in [1.29, 1.82) is 0 Å². The minimum Gasteiger partial charge on any atom is -0.497 e. The maximum Gasteiger partial charge on any atom is 0.279 e. The number of hydrogen-bond donors (Lipinski definition) is 0. The number of carbonyl (C=O) groups excluding carboxylic acids is 1. The summed E-state index contributed by atoms with van der Waals surface area (Å²) in [7, 11) is -1.88. The molecule has 0 aliphatic heterocycles. The zero-order valence-electron chi connectivity index (χ0n) is 18.0. The molecular formula is C22H26N2O5S2. The van der Waals surface area contributed by atoms with Crippen LogP contribution < -0.4 is 9.54 Å². The van der Waals surface area contributed by atoms with E-state index in [1.165, 1.54) is 23.5 Å². The molecule has 0 aliphatic rings. The first-order valence-corrected chi connectivity index (χ1v) is 12.3. The number of nitrogens with zero attached hydrogens (tertiary/aromatic N) is 2. The van der Waals surface area contributed by atoms with Gasteiger partial charge in [0.25, 0.3) is 5.91 Å². The molecule has 3 aromatic rings. The number of carbonyl (C=O) groups is 1. The molecule has 7 nitrogen and oxygen atoms in total.